The van der Waals surface area contributed by atoms with Crippen LogP contribution in [0.5, 0.6) is 0 Å². The van der Waals surface area contributed by atoms with Crippen LogP contribution in [-0.2, 0) is 13.0 Å². The van der Waals surface area contributed by atoms with E-state index in [0.717, 1.165) is 31.9 Å². The first-order chi connectivity index (χ1) is 10.7. The van der Waals surface area contributed by atoms with Crippen LogP contribution in [0.4, 0.5) is 0 Å². The first-order valence-corrected chi connectivity index (χ1v) is 7.44. The van der Waals surface area contributed by atoms with Crippen molar-refractivity contribution in [1.82, 2.24) is 20.4 Å². The average molecular weight is 301 g/mol. The number of aromatic nitrogens is 2. The van der Waals surface area contributed by atoms with E-state index in [2.05, 4.69) is 37.5 Å². The zero-order valence-corrected chi connectivity index (χ0v) is 13.4. The molecular formula is C16H23N5O. The molecule has 2 aromatic rings. The molecule has 0 unspecified atom stereocenters. The molecule has 0 aliphatic carbocycles. The molecule has 1 aromatic heterocycles. The lowest BCUT2D eigenvalue weighted by Gasteiger charge is -2.22. The maximum Gasteiger partial charge on any atom is 0.226 e. The van der Waals surface area contributed by atoms with E-state index in [1.807, 2.05) is 32.2 Å². The van der Waals surface area contributed by atoms with Crippen molar-refractivity contribution in [2.75, 3.05) is 20.6 Å². The lowest BCUT2D eigenvalue weighted by atomic mass is 10.2. The second-order valence-corrected chi connectivity index (χ2v) is 5.15. The number of benzene rings is 1. The second kappa shape index (κ2) is 8.17. The van der Waals surface area contributed by atoms with Crippen LogP contribution >= 0.6 is 0 Å². The van der Waals surface area contributed by atoms with E-state index in [4.69, 9.17) is 4.52 Å². The molecule has 1 N–H and O–H groups in total. The molecule has 118 valence electrons. The molecule has 0 aliphatic rings. The SMILES string of the molecule is CN=C(NCCCc1nc(C)no1)N(C)Cc1ccccc1. The van der Waals surface area contributed by atoms with Crippen molar-refractivity contribution in [1.29, 1.82) is 0 Å². The molecule has 0 spiro atoms. The van der Waals surface area contributed by atoms with Crippen LogP contribution in [0.25, 0.3) is 0 Å². The Morgan fingerprint density at radius 1 is 1.32 bits per heavy atom. The Labute approximate surface area is 131 Å². The fourth-order valence-electron chi connectivity index (χ4n) is 2.20. The van der Waals surface area contributed by atoms with Gasteiger partial charge in [0, 0.05) is 33.6 Å². The van der Waals surface area contributed by atoms with Gasteiger partial charge in [0.15, 0.2) is 11.8 Å². The average Bonchev–Trinajstić information content (AvgIpc) is 2.93. The van der Waals surface area contributed by atoms with Crippen LogP contribution in [-0.4, -0.2) is 41.6 Å². The Hall–Kier alpha value is -2.37. The molecule has 0 atom stereocenters. The van der Waals surface area contributed by atoms with Gasteiger partial charge in [-0.05, 0) is 18.9 Å². The highest BCUT2D eigenvalue weighted by Gasteiger charge is 2.07. The smallest absolute Gasteiger partial charge is 0.226 e. The Bertz CT molecular complexity index is 594. The van der Waals surface area contributed by atoms with Crippen LogP contribution in [0, 0.1) is 6.92 Å². The summed E-state index contributed by atoms with van der Waals surface area (Å²) in [5, 5.41) is 7.14. The monoisotopic (exact) mass is 301 g/mol. The van der Waals surface area contributed by atoms with Gasteiger partial charge in [-0.3, -0.25) is 4.99 Å². The zero-order chi connectivity index (χ0) is 15.8. The van der Waals surface area contributed by atoms with Gasteiger partial charge >= 0.3 is 0 Å². The molecule has 6 heteroatoms. The van der Waals surface area contributed by atoms with E-state index in [9.17, 15) is 0 Å². The number of guanidine groups is 1. The minimum atomic E-state index is 0.682. The third-order valence-corrected chi connectivity index (χ3v) is 3.26. The van der Waals surface area contributed by atoms with Gasteiger partial charge in [-0.25, -0.2) is 0 Å². The van der Waals surface area contributed by atoms with Crippen molar-refractivity contribution in [3.05, 3.63) is 47.6 Å². The van der Waals surface area contributed by atoms with E-state index in [1.54, 1.807) is 7.05 Å². The molecule has 6 nitrogen and oxygen atoms in total. The molecule has 2 rings (SSSR count). The van der Waals surface area contributed by atoms with Crippen molar-refractivity contribution >= 4 is 5.96 Å². The lowest BCUT2D eigenvalue weighted by Crippen LogP contribution is -2.39. The first-order valence-electron chi connectivity index (χ1n) is 7.44. The number of nitrogens with one attached hydrogen (secondary N) is 1. The largest absolute Gasteiger partial charge is 0.356 e. The minimum absolute atomic E-state index is 0.682. The lowest BCUT2D eigenvalue weighted by molar-refractivity contribution is 0.371. The van der Waals surface area contributed by atoms with Gasteiger partial charge in [-0.15, -0.1) is 0 Å². The molecule has 0 aliphatic heterocycles. The van der Waals surface area contributed by atoms with Crippen LogP contribution < -0.4 is 5.32 Å². The Balaban J connectivity index is 1.74. The van der Waals surface area contributed by atoms with Crippen LogP contribution in [0.15, 0.2) is 39.8 Å². The van der Waals surface area contributed by atoms with Gasteiger partial charge in [0.1, 0.15) is 0 Å². The first kappa shape index (κ1) is 16.0. The molecule has 0 bridgehead atoms. The van der Waals surface area contributed by atoms with Gasteiger partial charge in [0.2, 0.25) is 5.89 Å². The Morgan fingerprint density at radius 3 is 2.73 bits per heavy atom. The summed E-state index contributed by atoms with van der Waals surface area (Å²) in [6.45, 7) is 3.46. The summed E-state index contributed by atoms with van der Waals surface area (Å²) in [7, 11) is 3.83. The van der Waals surface area contributed by atoms with Gasteiger partial charge in [-0.1, -0.05) is 35.5 Å². The summed E-state index contributed by atoms with van der Waals surface area (Å²) in [4.78, 5) is 10.6. The fraction of sp³-hybridized carbons (Fsp3) is 0.438. The molecule has 1 heterocycles. The number of rotatable bonds is 6. The molecule has 0 saturated carbocycles. The van der Waals surface area contributed by atoms with Crippen molar-refractivity contribution in [3.63, 3.8) is 0 Å². The minimum Gasteiger partial charge on any atom is -0.356 e. The number of aliphatic imine (C=N–C) groups is 1. The van der Waals surface area contributed by atoms with Crippen LogP contribution in [0.3, 0.4) is 0 Å². The van der Waals surface area contributed by atoms with E-state index < -0.39 is 0 Å². The predicted octanol–water partition coefficient (Wildman–Crippen LogP) is 2.02. The Morgan fingerprint density at radius 2 is 2.09 bits per heavy atom. The van der Waals surface area contributed by atoms with Crippen LogP contribution in [0.1, 0.15) is 23.7 Å². The van der Waals surface area contributed by atoms with E-state index in [0.29, 0.717) is 11.7 Å². The quantitative estimate of drug-likeness (QED) is 0.502. The van der Waals surface area contributed by atoms with Gasteiger partial charge in [0.05, 0.1) is 0 Å². The normalized spacial score (nSPS) is 11.5. The van der Waals surface area contributed by atoms with Crippen molar-refractivity contribution in [2.24, 2.45) is 4.99 Å². The predicted molar refractivity (Wildman–Crippen MR) is 86.6 cm³/mol. The summed E-state index contributed by atoms with van der Waals surface area (Å²) in [6.07, 6.45) is 1.69. The number of hydrogen-bond donors (Lipinski definition) is 1. The van der Waals surface area contributed by atoms with Crippen molar-refractivity contribution in [3.8, 4) is 0 Å². The Kier molecular flexibility index (Phi) is 5.94. The van der Waals surface area contributed by atoms with Crippen molar-refractivity contribution in [2.45, 2.75) is 26.3 Å². The summed E-state index contributed by atoms with van der Waals surface area (Å²) in [5.74, 6) is 2.25. The van der Waals surface area contributed by atoms with E-state index in [1.165, 1.54) is 5.56 Å². The second-order valence-electron chi connectivity index (χ2n) is 5.15. The van der Waals surface area contributed by atoms with E-state index >= 15 is 0 Å². The zero-order valence-electron chi connectivity index (χ0n) is 13.4. The number of aryl methyl sites for hydroxylation is 2. The highest BCUT2D eigenvalue weighted by Crippen LogP contribution is 2.03. The van der Waals surface area contributed by atoms with Crippen molar-refractivity contribution < 1.29 is 4.52 Å². The third-order valence-electron chi connectivity index (χ3n) is 3.26. The van der Waals surface area contributed by atoms with Gasteiger partial charge in [-0.2, -0.15) is 4.98 Å². The number of hydrogen-bond acceptors (Lipinski definition) is 4. The highest BCUT2D eigenvalue weighted by molar-refractivity contribution is 5.79. The molecule has 1 aromatic carbocycles. The van der Waals surface area contributed by atoms with E-state index in [-0.39, 0.29) is 0 Å². The summed E-state index contributed by atoms with van der Waals surface area (Å²) in [6, 6.07) is 10.3. The third kappa shape index (κ3) is 4.87. The fourth-order valence-corrected chi connectivity index (χ4v) is 2.20. The molecule has 0 amide bonds. The van der Waals surface area contributed by atoms with Crippen LogP contribution in [0.2, 0.25) is 0 Å². The maximum absolute atomic E-state index is 5.09. The molecular weight excluding hydrogens is 278 g/mol. The topological polar surface area (TPSA) is 66.5 Å². The summed E-state index contributed by atoms with van der Waals surface area (Å²) in [5.41, 5.74) is 1.26. The maximum atomic E-state index is 5.09. The summed E-state index contributed by atoms with van der Waals surface area (Å²) < 4.78 is 5.09. The summed E-state index contributed by atoms with van der Waals surface area (Å²) >= 11 is 0. The molecule has 22 heavy (non-hydrogen) atoms. The number of nitrogens with zero attached hydrogens (tertiary/aromatic N) is 4. The van der Waals surface area contributed by atoms with Gasteiger partial charge in [0.25, 0.3) is 0 Å². The molecule has 0 saturated heterocycles. The standard InChI is InChI=1S/C16H23N5O/c1-13-19-15(22-20-13)10-7-11-18-16(17-2)21(3)12-14-8-5-4-6-9-14/h4-6,8-9H,7,10-12H2,1-3H3,(H,17,18). The molecule has 0 fully saturated rings. The molecule has 0 radical (unpaired) electrons. The van der Waals surface area contributed by atoms with Gasteiger partial charge < -0.3 is 14.7 Å². The highest BCUT2D eigenvalue weighted by atomic mass is 16.5.